The Morgan fingerprint density at radius 2 is 2.05 bits per heavy atom. The zero-order chi connectivity index (χ0) is 15.0. The molecule has 1 aromatic rings. The largest absolute Gasteiger partial charge is 0.394 e. The SMILES string of the molecule is CC(C)c1ccc(C2CC2C(=O)N2CCC[C@@H]2CO)cc1. The molecule has 1 amide bonds. The third-order valence-electron chi connectivity index (χ3n) is 5.01. The predicted octanol–water partition coefficient (Wildman–Crippen LogP) is 2.90. The van der Waals surface area contributed by atoms with Crippen LogP contribution < -0.4 is 0 Å². The number of aliphatic hydroxyl groups excluding tert-OH is 1. The molecule has 2 unspecified atom stereocenters. The summed E-state index contributed by atoms with van der Waals surface area (Å²) < 4.78 is 0. The van der Waals surface area contributed by atoms with E-state index < -0.39 is 0 Å². The lowest BCUT2D eigenvalue weighted by molar-refractivity contribution is -0.134. The standard InChI is InChI=1S/C18H25NO2/c1-12(2)13-5-7-14(8-6-13)16-10-17(16)18(21)19-9-3-4-15(19)11-20/h5-8,12,15-17,20H,3-4,9-11H2,1-2H3/t15-,16?,17?/m1/s1. The molecule has 2 fully saturated rings. The summed E-state index contributed by atoms with van der Waals surface area (Å²) in [4.78, 5) is 14.5. The lowest BCUT2D eigenvalue weighted by atomic mass is 10.00. The van der Waals surface area contributed by atoms with Crippen LogP contribution in [0.25, 0.3) is 0 Å². The Bertz CT molecular complexity index is 508. The molecule has 1 aliphatic carbocycles. The van der Waals surface area contributed by atoms with Crippen LogP contribution >= 0.6 is 0 Å². The third-order valence-corrected chi connectivity index (χ3v) is 5.01. The summed E-state index contributed by atoms with van der Waals surface area (Å²) in [6, 6.07) is 8.79. The summed E-state index contributed by atoms with van der Waals surface area (Å²) in [6.45, 7) is 5.31. The summed E-state index contributed by atoms with van der Waals surface area (Å²) >= 11 is 0. The Morgan fingerprint density at radius 3 is 2.67 bits per heavy atom. The van der Waals surface area contributed by atoms with Crippen molar-refractivity contribution in [3.05, 3.63) is 35.4 Å². The normalized spacial score (nSPS) is 28.2. The zero-order valence-electron chi connectivity index (χ0n) is 13.0. The molecular weight excluding hydrogens is 262 g/mol. The van der Waals surface area contributed by atoms with Gasteiger partial charge in [0.2, 0.25) is 5.91 Å². The van der Waals surface area contributed by atoms with Gasteiger partial charge < -0.3 is 10.0 Å². The van der Waals surface area contributed by atoms with Crippen LogP contribution in [0.1, 0.15) is 56.1 Å². The van der Waals surface area contributed by atoms with Gasteiger partial charge in [0.05, 0.1) is 12.6 Å². The van der Waals surface area contributed by atoms with Crippen molar-refractivity contribution in [2.24, 2.45) is 5.92 Å². The van der Waals surface area contributed by atoms with E-state index in [0.717, 1.165) is 25.8 Å². The van der Waals surface area contributed by atoms with Crippen LogP contribution in [-0.2, 0) is 4.79 Å². The molecule has 0 bridgehead atoms. The Labute approximate surface area is 127 Å². The van der Waals surface area contributed by atoms with E-state index in [4.69, 9.17) is 0 Å². The van der Waals surface area contributed by atoms with Gasteiger partial charge >= 0.3 is 0 Å². The van der Waals surface area contributed by atoms with Gasteiger partial charge in [-0.05, 0) is 42.2 Å². The summed E-state index contributed by atoms with van der Waals surface area (Å²) in [6.07, 6.45) is 2.94. The lowest BCUT2D eigenvalue weighted by Gasteiger charge is -2.23. The molecule has 1 heterocycles. The maximum Gasteiger partial charge on any atom is 0.226 e. The van der Waals surface area contributed by atoms with E-state index in [-0.39, 0.29) is 24.5 Å². The average Bonchev–Trinajstić information content (AvgIpc) is 3.15. The van der Waals surface area contributed by atoms with Crippen LogP contribution in [0.2, 0.25) is 0 Å². The van der Waals surface area contributed by atoms with Gasteiger partial charge in [-0.2, -0.15) is 0 Å². The molecule has 114 valence electrons. The third kappa shape index (κ3) is 2.84. The summed E-state index contributed by atoms with van der Waals surface area (Å²) in [5, 5.41) is 9.36. The fraction of sp³-hybridized carbons (Fsp3) is 0.611. The minimum atomic E-state index is 0.0575. The van der Waals surface area contributed by atoms with Gasteiger partial charge in [-0.3, -0.25) is 4.79 Å². The van der Waals surface area contributed by atoms with Crippen LogP contribution in [-0.4, -0.2) is 35.1 Å². The van der Waals surface area contributed by atoms with Gasteiger partial charge in [-0.1, -0.05) is 38.1 Å². The molecular formula is C18H25NO2. The van der Waals surface area contributed by atoms with Crippen molar-refractivity contribution in [2.75, 3.05) is 13.2 Å². The summed E-state index contributed by atoms with van der Waals surface area (Å²) in [5.74, 6) is 1.33. The highest BCUT2D eigenvalue weighted by Gasteiger charge is 2.47. The molecule has 3 nitrogen and oxygen atoms in total. The van der Waals surface area contributed by atoms with Crippen molar-refractivity contribution < 1.29 is 9.90 Å². The molecule has 1 aliphatic heterocycles. The van der Waals surface area contributed by atoms with E-state index in [1.54, 1.807) is 0 Å². The fourth-order valence-corrected chi connectivity index (χ4v) is 3.49. The lowest BCUT2D eigenvalue weighted by Crippen LogP contribution is -2.38. The van der Waals surface area contributed by atoms with Crippen LogP contribution in [0.4, 0.5) is 0 Å². The first kappa shape index (κ1) is 14.6. The van der Waals surface area contributed by atoms with Gasteiger partial charge in [0.1, 0.15) is 0 Å². The van der Waals surface area contributed by atoms with Crippen LogP contribution in [0, 0.1) is 5.92 Å². The minimum Gasteiger partial charge on any atom is -0.394 e. The second-order valence-electron chi connectivity index (χ2n) is 6.78. The van der Waals surface area contributed by atoms with Crippen LogP contribution in [0.3, 0.4) is 0 Å². The number of aliphatic hydroxyl groups is 1. The topological polar surface area (TPSA) is 40.5 Å². The number of amides is 1. The highest BCUT2D eigenvalue weighted by molar-refractivity contribution is 5.83. The monoisotopic (exact) mass is 287 g/mol. The van der Waals surface area contributed by atoms with E-state index in [2.05, 4.69) is 38.1 Å². The molecule has 3 heteroatoms. The quantitative estimate of drug-likeness (QED) is 0.925. The average molecular weight is 287 g/mol. The number of nitrogens with zero attached hydrogens (tertiary/aromatic N) is 1. The van der Waals surface area contributed by atoms with Crippen molar-refractivity contribution in [1.29, 1.82) is 0 Å². The number of rotatable bonds is 4. The second kappa shape index (κ2) is 5.80. The second-order valence-corrected chi connectivity index (χ2v) is 6.78. The molecule has 1 aromatic carbocycles. The molecule has 1 saturated heterocycles. The van der Waals surface area contributed by atoms with Crippen molar-refractivity contribution in [2.45, 2.75) is 51.0 Å². The van der Waals surface area contributed by atoms with Crippen molar-refractivity contribution in [1.82, 2.24) is 4.90 Å². The van der Waals surface area contributed by atoms with E-state index >= 15 is 0 Å². The maximum atomic E-state index is 12.6. The van der Waals surface area contributed by atoms with Gasteiger partial charge in [0.25, 0.3) is 0 Å². The first-order valence-corrected chi connectivity index (χ1v) is 8.13. The smallest absolute Gasteiger partial charge is 0.226 e. The van der Waals surface area contributed by atoms with Crippen molar-refractivity contribution >= 4 is 5.91 Å². The molecule has 1 N–H and O–H groups in total. The molecule has 0 spiro atoms. The van der Waals surface area contributed by atoms with Crippen molar-refractivity contribution in [3.8, 4) is 0 Å². The number of benzene rings is 1. The van der Waals surface area contributed by atoms with Crippen LogP contribution in [0.15, 0.2) is 24.3 Å². The number of hydrogen-bond acceptors (Lipinski definition) is 2. The molecule has 2 aliphatic rings. The molecule has 1 saturated carbocycles. The Balaban J connectivity index is 1.64. The van der Waals surface area contributed by atoms with Crippen molar-refractivity contribution in [3.63, 3.8) is 0 Å². The highest BCUT2D eigenvalue weighted by atomic mass is 16.3. The number of carbonyl (C=O) groups excluding carboxylic acids is 1. The van der Waals surface area contributed by atoms with Gasteiger partial charge in [0, 0.05) is 12.5 Å². The molecule has 21 heavy (non-hydrogen) atoms. The number of likely N-dealkylation sites (tertiary alicyclic amines) is 1. The Kier molecular flexibility index (Phi) is 4.03. The molecule has 3 rings (SSSR count). The molecule has 0 aromatic heterocycles. The van der Waals surface area contributed by atoms with E-state index in [1.807, 2.05) is 4.90 Å². The first-order valence-electron chi connectivity index (χ1n) is 8.13. The predicted molar refractivity (Wildman–Crippen MR) is 83.2 cm³/mol. The minimum absolute atomic E-state index is 0.0575. The summed E-state index contributed by atoms with van der Waals surface area (Å²) in [5.41, 5.74) is 2.64. The maximum absolute atomic E-state index is 12.6. The molecule has 0 radical (unpaired) electrons. The summed E-state index contributed by atoms with van der Waals surface area (Å²) in [7, 11) is 0. The van der Waals surface area contributed by atoms with E-state index in [1.165, 1.54) is 11.1 Å². The van der Waals surface area contributed by atoms with E-state index in [0.29, 0.717) is 11.8 Å². The Hall–Kier alpha value is -1.35. The number of hydrogen-bond donors (Lipinski definition) is 1. The zero-order valence-corrected chi connectivity index (χ0v) is 13.0. The number of carbonyl (C=O) groups is 1. The van der Waals surface area contributed by atoms with Gasteiger partial charge in [-0.15, -0.1) is 0 Å². The van der Waals surface area contributed by atoms with Gasteiger partial charge in [0.15, 0.2) is 0 Å². The highest BCUT2D eigenvalue weighted by Crippen LogP contribution is 2.49. The first-order chi connectivity index (χ1) is 10.1. The Morgan fingerprint density at radius 1 is 1.33 bits per heavy atom. The van der Waals surface area contributed by atoms with Crippen LogP contribution in [0.5, 0.6) is 0 Å². The fourth-order valence-electron chi connectivity index (χ4n) is 3.49. The molecule has 3 atom stereocenters. The van der Waals surface area contributed by atoms with E-state index in [9.17, 15) is 9.90 Å². The van der Waals surface area contributed by atoms with Gasteiger partial charge in [-0.25, -0.2) is 0 Å².